The van der Waals surface area contributed by atoms with Gasteiger partial charge in [-0.05, 0) is 43.7 Å². The zero-order valence-electron chi connectivity index (χ0n) is 10.3. The molecule has 0 spiro atoms. The summed E-state index contributed by atoms with van der Waals surface area (Å²) in [6.07, 6.45) is 2.56. The fourth-order valence-electron chi connectivity index (χ4n) is 2.07. The topological polar surface area (TPSA) is 38.0 Å². The molecule has 0 aromatic heterocycles. The van der Waals surface area contributed by atoms with E-state index in [0.717, 1.165) is 17.8 Å². The summed E-state index contributed by atoms with van der Waals surface area (Å²) < 4.78 is 0.325. The van der Waals surface area contributed by atoms with Crippen molar-refractivity contribution in [1.82, 2.24) is 0 Å². The van der Waals surface area contributed by atoms with Crippen molar-refractivity contribution in [2.45, 2.75) is 24.5 Å². The Morgan fingerprint density at radius 1 is 1.61 bits per heavy atom. The van der Waals surface area contributed by atoms with Crippen LogP contribution in [0.4, 0.5) is 5.69 Å². The van der Waals surface area contributed by atoms with Crippen LogP contribution < -0.4 is 11.1 Å². The molecule has 0 saturated carbocycles. The number of anilines is 1. The third-order valence-corrected chi connectivity index (χ3v) is 5.29. The minimum atomic E-state index is 0.325. The van der Waals surface area contributed by atoms with Crippen LogP contribution in [-0.2, 0) is 0 Å². The summed E-state index contributed by atoms with van der Waals surface area (Å²) in [4.78, 5) is 0.377. The molecular formula is C13H17ClN2S2. The molecule has 5 heteroatoms. The Morgan fingerprint density at radius 3 is 2.94 bits per heavy atom. The molecular weight excluding hydrogens is 284 g/mol. The number of rotatable bonds is 4. The quantitative estimate of drug-likeness (QED) is 0.832. The average molecular weight is 301 g/mol. The van der Waals surface area contributed by atoms with Gasteiger partial charge in [-0.2, -0.15) is 11.8 Å². The lowest BCUT2D eigenvalue weighted by Gasteiger charge is -2.24. The molecule has 3 N–H and O–H groups in total. The number of thioether (sulfide) groups is 1. The first-order valence-corrected chi connectivity index (χ1v) is 7.75. The van der Waals surface area contributed by atoms with E-state index in [9.17, 15) is 0 Å². The highest BCUT2D eigenvalue weighted by Gasteiger charge is 2.29. The number of halogens is 1. The molecule has 1 atom stereocenters. The summed E-state index contributed by atoms with van der Waals surface area (Å²) in [6, 6.07) is 5.66. The molecule has 1 unspecified atom stereocenters. The number of thiocarbonyl (C=S) groups is 1. The molecule has 1 heterocycles. The number of nitrogens with two attached hydrogens (primary N) is 1. The highest BCUT2D eigenvalue weighted by Crippen LogP contribution is 2.38. The predicted octanol–water partition coefficient (Wildman–Crippen LogP) is 3.67. The molecule has 2 rings (SSSR count). The van der Waals surface area contributed by atoms with E-state index in [1.165, 1.54) is 18.6 Å². The molecule has 1 aliphatic heterocycles. The van der Waals surface area contributed by atoms with E-state index in [1.807, 2.05) is 30.0 Å². The van der Waals surface area contributed by atoms with E-state index in [1.54, 1.807) is 0 Å². The third-order valence-electron chi connectivity index (χ3n) is 3.21. The van der Waals surface area contributed by atoms with Crippen LogP contribution in [0.15, 0.2) is 18.2 Å². The Bertz CT molecular complexity index is 456. The third kappa shape index (κ3) is 3.31. The van der Waals surface area contributed by atoms with Gasteiger partial charge in [-0.3, -0.25) is 0 Å². The minimum Gasteiger partial charge on any atom is -0.389 e. The van der Waals surface area contributed by atoms with E-state index in [2.05, 4.69) is 12.2 Å². The van der Waals surface area contributed by atoms with Crippen molar-refractivity contribution in [2.24, 2.45) is 5.73 Å². The first-order chi connectivity index (χ1) is 8.50. The highest BCUT2D eigenvalue weighted by atomic mass is 35.5. The largest absolute Gasteiger partial charge is 0.389 e. The lowest BCUT2D eigenvalue weighted by molar-refractivity contribution is 0.635. The van der Waals surface area contributed by atoms with Crippen LogP contribution in [-0.4, -0.2) is 22.0 Å². The van der Waals surface area contributed by atoms with Crippen molar-refractivity contribution in [3.63, 3.8) is 0 Å². The smallest absolute Gasteiger partial charge is 0.104 e. The Kier molecular flexibility index (Phi) is 4.41. The second-order valence-electron chi connectivity index (χ2n) is 4.81. The van der Waals surface area contributed by atoms with Gasteiger partial charge < -0.3 is 11.1 Å². The second kappa shape index (κ2) is 5.68. The van der Waals surface area contributed by atoms with E-state index in [-0.39, 0.29) is 0 Å². The summed E-state index contributed by atoms with van der Waals surface area (Å²) in [5, 5.41) is 4.10. The van der Waals surface area contributed by atoms with E-state index >= 15 is 0 Å². The Balaban J connectivity index is 2.03. The molecule has 18 heavy (non-hydrogen) atoms. The molecule has 1 fully saturated rings. The average Bonchev–Trinajstić information content (AvgIpc) is 2.75. The zero-order chi connectivity index (χ0) is 13.2. The number of hydrogen-bond acceptors (Lipinski definition) is 3. The molecule has 1 aliphatic rings. The van der Waals surface area contributed by atoms with Crippen LogP contribution in [0.3, 0.4) is 0 Å². The van der Waals surface area contributed by atoms with Crippen molar-refractivity contribution >= 4 is 46.3 Å². The van der Waals surface area contributed by atoms with Crippen LogP contribution in [0.2, 0.25) is 5.02 Å². The Morgan fingerprint density at radius 2 is 2.39 bits per heavy atom. The van der Waals surface area contributed by atoms with Gasteiger partial charge in [0, 0.05) is 16.9 Å². The van der Waals surface area contributed by atoms with Crippen molar-refractivity contribution in [3.8, 4) is 0 Å². The molecule has 1 saturated heterocycles. The summed E-state index contributed by atoms with van der Waals surface area (Å²) in [5.74, 6) is 1.26. The van der Waals surface area contributed by atoms with Gasteiger partial charge in [0.2, 0.25) is 0 Å². The van der Waals surface area contributed by atoms with Crippen molar-refractivity contribution in [3.05, 3.63) is 28.8 Å². The fourth-order valence-corrected chi connectivity index (χ4v) is 3.69. The van der Waals surface area contributed by atoms with Gasteiger partial charge in [-0.25, -0.2) is 0 Å². The van der Waals surface area contributed by atoms with Crippen LogP contribution in [0.25, 0.3) is 0 Å². The van der Waals surface area contributed by atoms with Gasteiger partial charge in [0.25, 0.3) is 0 Å². The molecule has 0 radical (unpaired) electrons. The molecule has 0 bridgehead atoms. The number of nitrogens with one attached hydrogen (secondary N) is 1. The maximum Gasteiger partial charge on any atom is 0.104 e. The molecule has 1 aromatic carbocycles. The summed E-state index contributed by atoms with van der Waals surface area (Å²) >= 11 is 13.2. The summed E-state index contributed by atoms with van der Waals surface area (Å²) in [5.41, 5.74) is 7.33. The first kappa shape index (κ1) is 14.0. The molecule has 0 aliphatic carbocycles. The van der Waals surface area contributed by atoms with Gasteiger partial charge in [0.1, 0.15) is 4.99 Å². The van der Waals surface area contributed by atoms with Gasteiger partial charge in [0.05, 0.1) is 10.7 Å². The predicted molar refractivity (Wildman–Crippen MR) is 85.9 cm³/mol. The first-order valence-electron chi connectivity index (χ1n) is 5.97. The van der Waals surface area contributed by atoms with Crippen LogP contribution >= 0.6 is 35.6 Å². The highest BCUT2D eigenvalue weighted by molar-refractivity contribution is 8.00. The number of benzene rings is 1. The Hall–Kier alpha value is -0.450. The maximum atomic E-state index is 6.22. The summed E-state index contributed by atoms with van der Waals surface area (Å²) in [6.45, 7) is 3.23. The van der Waals surface area contributed by atoms with Crippen molar-refractivity contribution < 1.29 is 0 Å². The normalized spacial score (nSPS) is 23.0. The lowest BCUT2D eigenvalue weighted by Crippen LogP contribution is -2.27. The zero-order valence-corrected chi connectivity index (χ0v) is 12.7. The van der Waals surface area contributed by atoms with Gasteiger partial charge in [0.15, 0.2) is 0 Å². The second-order valence-corrected chi connectivity index (χ2v) is 7.34. The molecule has 2 nitrogen and oxygen atoms in total. The van der Waals surface area contributed by atoms with E-state index < -0.39 is 0 Å². The lowest BCUT2D eigenvalue weighted by atomic mass is 10.1. The van der Waals surface area contributed by atoms with Gasteiger partial charge in [-0.15, -0.1) is 0 Å². The van der Waals surface area contributed by atoms with Gasteiger partial charge in [-0.1, -0.05) is 23.8 Å². The van der Waals surface area contributed by atoms with Crippen LogP contribution in [0, 0.1) is 0 Å². The monoisotopic (exact) mass is 300 g/mol. The standard InChI is InChI=1S/C13H17ClN2S2/c1-13(5-2-6-18-13)8-16-11-4-3-9(12(15)17)7-10(11)14/h3-4,7,16H,2,5-6,8H2,1H3,(H2,15,17). The van der Waals surface area contributed by atoms with Gasteiger partial charge >= 0.3 is 0 Å². The SMILES string of the molecule is CC1(CNc2ccc(C(N)=S)cc2Cl)CCCS1. The van der Waals surface area contributed by atoms with E-state index in [4.69, 9.17) is 29.6 Å². The minimum absolute atomic E-state index is 0.325. The molecule has 0 amide bonds. The molecule has 1 aromatic rings. The van der Waals surface area contributed by atoms with Crippen LogP contribution in [0.1, 0.15) is 25.3 Å². The molecule has 98 valence electrons. The van der Waals surface area contributed by atoms with Crippen molar-refractivity contribution in [1.29, 1.82) is 0 Å². The van der Waals surface area contributed by atoms with Crippen LogP contribution in [0.5, 0.6) is 0 Å². The van der Waals surface area contributed by atoms with Crippen molar-refractivity contribution in [2.75, 3.05) is 17.6 Å². The van der Waals surface area contributed by atoms with E-state index in [0.29, 0.717) is 14.8 Å². The Labute approximate surface area is 123 Å². The summed E-state index contributed by atoms with van der Waals surface area (Å²) in [7, 11) is 0. The fraction of sp³-hybridized carbons (Fsp3) is 0.462. The maximum absolute atomic E-state index is 6.22. The number of hydrogen-bond donors (Lipinski definition) is 2.